The highest BCUT2D eigenvalue weighted by atomic mass is 79.9. The van der Waals surface area contributed by atoms with Crippen LogP contribution in [-0.4, -0.2) is 27.0 Å². The summed E-state index contributed by atoms with van der Waals surface area (Å²) in [5, 5.41) is 2.84. The molecule has 146 valence electrons. The van der Waals surface area contributed by atoms with E-state index < -0.39 is 10.0 Å². The van der Waals surface area contributed by atoms with Crippen LogP contribution in [0.25, 0.3) is 0 Å². The number of carbonyl (C=O) groups excluding carboxylic acids is 1. The van der Waals surface area contributed by atoms with Gasteiger partial charge in [-0.25, -0.2) is 8.42 Å². The summed E-state index contributed by atoms with van der Waals surface area (Å²) in [6.07, 6.45) is 1.90. The van der Waals surface area contributed by atoms with E-state index in [9.17, 15) is 13.2 Å². The number of nitrogens with one attached hydrogen (secondary N) is 2. The van der Waals surface area contributed by atoms with E-state index in [1.807, 2.05) is 6.92 Å². The molecule has 0 saturated carbocycles. The summed E-state index contributed by atoms with van der Waals surface area (Å²) in [6, 6.07) is 12.9. The molecular weight excluding hydrogens is 432 g/mol. The van der Waals surface area contributed by atoms with E-state index in [4.69, 9.17) is 4.74 Å². The lowest BCUT2D eigenvalue weighted by Gasteiger charge is -2.13. The van der Waals surface area contributed by atoms with Crippen molar-refractivity contribution in [3.63, 3.8) is 0 Å². The number of hydrogen-bond donors (Lipinski definition) is 2. The van der Waals surface area contributed by atoms with Crippen molar-refractivity contribution in [2.24, 2.45) is 0 Å². The first kappa shape index (κ1) is 21.2. The van der Waals surface area contributed by atoms with E-state index in [-0.39, 0.29) is 23.5 Å². The number of halogens is 1. The first-order valence-electron chi connectivity index (χ1n) is 8.61. The number of benzene rings is 2. The fraction of sp³-hybridized carbons (Fsp3) is 0.316. The molecule has 2 aromatic rings. The number of amides is 1. The van der Waals surface area contributed by atoms with E-state index in [2.05, 4.69) is 32.9 Å². The first-order chi connectivity index (χ1) is 12.8. The summed E-state index contributed by atoms with van der Waals surface area (Å²) in [4.78, 5) is 11.9. The lowest BCUT2D eigenvalue weighted by molar-refractivity contribution is -0.123. The molecule has 0 bridgehead atoms. The lowest BCUT2D eigenvalue weighted by Crippen LogP contribution is -2.35. The predicted octanol–water partition coefficient (Wildman–Crippen LogP) is 3.93. The van der Waals surface area contributed by atoms with Crippen LogP contribution in [0.5, 0.6) is 5.75 Å². The molecule has 0 spiro atoms. The van der Waals surface area contributed by atoms with Crippen LogP contribution < -0.4 is 14.8 Å². The Morgan fingerprint density at radius 3 is 2.33 bits per heavy atom. The number of rotatable bonds is 9. The molecule has 8 heteroatoms. The average Bonchev–Trinajstić information content (AvgIpc) is 2.62. The summed E-state index contributed by atoms with van der Waals surface area (Å²) in [5.74, 6) is 0.223. The molecular formula is C19H23BrN2O4S. The van der Waals surface area contributed by atoms with Gasteiger partial charge in [-0.2, -0.15) is 0 Å². The Labute approximate surface area is 168 Å². The SMILES string of the molecule is CCC[C@H](C)NC(=O)COc1ccc(S(=O)(=O)Nc2ccc(Br)cc2)cc1. The van der Waals surface area contributed by atoms with Crippen molar-refractivity contribution >= 4 is 37.5 Å². The molecule has 2 rings (SSSR count). The van der Waals surface area contributed by atoms with Gasteiger partial charge in [0.15, 0.2) is 6.61 Å². The minimum atomic E-state index is -3.70. The maximum absolute atomic E-state index is 12.4. The van der Waals surface area contributed by atoms with Gasteiger partial charge in [0, 0.05) is 16.2 Å². The van der Waals surface area contributed by atoms with Crippen molar-refractivity contribution in [2.75, 3.05) is 11.3 Å². The van der Waals surface area contributed by atoms with Crippen molar-refractivity contribution < 1.29 is 17.9 Å². The zero-order chi connectivity index (χ0) is 19.9. The second-order valence-electron chi connectivity index (χ2n) is 6.13. The Kier molecular flexibility index (Phi) is 7.67. The highest BCUT2D eigenvalue weighted by Crippen LogP contribution is 2.20. The van der Waals surface area contributed by atoms with Crippen molar-refractivity contribution in [3.05, 3.63) is 53.0 Å². The van der Waals surface area contributed by atoms with Gasteiger partial charge in [0.25, 0.3) is 15.9 Å². The fourth-order valence-electron chi connectivity index (χ4n) is 2.42. The van der Waals surface area contributed by atoms with Crippen molar-refractivity contribution in [1.29, 1.82) is 0 Å². The van der Waals surface area contributed by atoms with Gasteiger partial charge < -0.3 is 10.1 Å². The van der Waals surface area contributed by atoms with Crippen LogP contribution in [0.4, 0.5) is 5.69 Å². The minimum Gasteiger partial charge on any atom is -0.484 e. The molecule has 0 heterocycles. The Balaban J connectivity index is 1.93. The minimum absolute atomic E-state index is 0.100. The quantitative estimate of drug-likeness (QED) is 0.600. The van der Waals surface area contributed by atoms with Crippen LogP contribution in [0.1, 0.15) is 26.7 Å². The molecule has 0 aliphatic carbocycles. The van der Waals surface area contributed by atoms with Crippen molar-refractivity contribution in [2.45, 2.75) is 37.6 Å². The molecule has 2 aromatic carbocycles. The maximum Gasteiger partial charge on any atom is 0.261 e. The fourth-order valence-corrected chi connectivity index (χ4v) is 3.74. The standard InChI is InChI=1S/C19H23BrN2O4S/c1-3-4-14(2)21-19(23)13-26-17-9-11-18(12-10-17)27(24,25)22-16-7-5-15(20)6-8-16/h5-12,14,22H,3-4,13H2,1-2H3,(H,21,23)/t14-/m0/s1. The number of carbonyl (C=O) groups is 1. The normalized spacial score (nSPS) is 12.3. The van der Waals surface area contributed by atoms with Gasteiger partial charge >= 0.3 is 0 Å². The summed E-state index contributed by atoms with van der Waals surface area (Å²) < 4.78 is 33.6. The smallest absolute Gasteiger partial charge is 0.261 e. The molecule has 0 radical (unpaired) electrons. The monoisotopic (exact) mass is 454 g/mol. The topological polar surface area (TPSA) is 84.5 Å². The summed E-state index contributed by atoms with van der Waals surface area (Å²) >= 11 is 3.30. The number of sulfonamides is 1. The molecule has 0 fully saturated rings. The zero-order valence-corrected chi connectivity index (χ0v) is 17.6. The van der Waals surface area contributed by atoms with E-state index >= 15 is 0 Å². The Hall–Kier alpha value is -2.06. The molecule has 0 aliphatic rings. The third-order valence-electron chi connectivity index (χ3n) is 3.73. The van der Waals surface area contributed by atoms with Gasteiger partial charge in [-0.1, -0.05) is 29.3 Å². The first-order valence-corrected chi connectivity index (χ1v) is 10.9. The summed E-state index contributed by atoms with van der Waals surface area (Å²) in [6.45, 7) is 3.89. The predicted molar refractivity (Wildman–Crippen MR) is 109 cm³/mol. The Bertz CT molecular complexity index is 852. The number of anilines is 1. The largest absolute Gasteiger partial charge is 0.484 e. The zero-order valence-electron chi connectivity index (χ0n) is 15.2. The average molecular weight is 455 g/mol. The van der Waals surface area contributed by atoms with Gasteiger partial charge in [0.1, 0.15) is 5.75 Å². The third-order valence-corrected chi connectivity index (χ3v) is 5.66. The Morgan fingerprint density at radius 2 is 1.74 bits per heavy atom. The van der Waals surface area contributed by atoms with Gasteiger partial charge in [-0.3, -0.25) is 9.52 Å². The molecule has 2 N–H and O–H groups in total. The van der Waals surface area contributed by atoms with Crippen LogP contribution in [0.3, 0.4) is 0 Å². The lowest BCUT2D eigenvalue weighted by atomic mass is 10.2. The molecule has 0 aliphatic heterocycles. The van der Waals surface area contributed by atoms with Crippen LogP contribution in [-0.2, 0) is 14.8 Å². The number of hydrogen-bond acceptors (Lipinski definition) is 4. The van der Waals surface area contributed by atoms with E-state index in [0.29, 0.717) is 11.4 Å². The summed E-state index contributed by atoms with van der Waals surface area (Å²) in [7, 11) is -3.70. The molecule has 0 unspecified atom stereocenters. The summed E-state index contributed by atoms with van der Waals surface area (Å²) in [5.41, 5.74) is 0.469. The molecule has 1 amide bonds. The molecule has 6 nitrogen and oxygen atoms in total. The van der Waals surface area contributed by atoms with E-state index in [0.717, 1.165) is 17.3 Å². The van der Waals surface area contributed by atoms with Crippen molar-refractivity contribution in [1.82, 2.24) is 5.32 Å². The van der Waals surface area contributed by atoms with Gasteiger partial charge in [-0.15, -0.1) is 0 Å². The third kappa shape index (κ3) is 6.88. The van der Waals surface area contributed by atoms with E-state index in [1.165, 1.54) is 24.3 Å². The van der Waals surface area contributed by atoms with Gasteiger partial charge in [-0.05, 0) is 61.9 Å². The highest BCUT2D eigenvalue weighted by molar-refractivity contribution is 9.10. The Morgan fingerprint density at radius 1 is 1.11 bits per heavy atom. The second-order valence-corrected chi connectivity index (χ2v) is 8.73. The maximum atomic E-state index is 12.4. The molecule has 0 aromatic heterocycles. The van der Waals surface area contributed by atoms with Crippen LogP contribution in [0.2, 0.25) is 0 Å². The number of ether oxygens (including phenoxy) is 1. The van der Waals surface area contributed by atoms with Crippen LogP contribution in [0.15, 0.2) is 57.9 Å². The van der Waals surface area contributed by atoms with Gasteiger partial charge in [0.2, 0.25) is 0 Å². The van der Waals surface area contributed by atoms with Crippen LogP contribution >= 0.6 is 15.9 Å². The molecule has 1 atom stereocenters. The second kappa shape index (κ2) is 9.75. The van der Waals surface area contributed by atoms with Crippen molar-refractivity contribution in [3.8, 4) is 5.75 Å². The highest BCUT2D eigenvalue weighted by Gasteiger charge is 2.14. The molecule has 27 heavy (non-hydrogen) atoms. The van der Waals surface area contributed by atoms with Gasteiger partial charge in [0.05, 0.1) is 4.90 Å². The molecule has 0 saturated heterocycles. The van der Waals surface area contributed by atoms with E-state index in [1.54, 1.807) is 24.3 Å². The van der Waals surface area contributed by atoms with Crippen LogP contribution in [0, 0.1) is 0 Å².